The Balaban J connectivity index is 1.55. The van der Waals surface area contributed by atoms with Crippen LogP contribution in [0.3, 0.4) is 0 Å². The largest absolute Gasteiger partial charge is 0.356 e. The predicted octanol–water partition coefficient (Wildman–Crippen LogP) is 2.44. The SMILES string of the molecule is CN=C(NCCCCn1ccnc1C)NCCc1cccs1. The van der Waals surface area contributed by atoms with Crippen molar-refractivity contribution in [3.8, 4) is 0 Å². The zero-order chi connectivity index (χ0) is 15.6. The minimum atomic E-state index is 0.885. The Morgan fingerprint density at radius 1 is 1.32 bits per heavy atom. The van der Waals surface area contributed by atoms with Gasteiger partial charge in [-0.05, 0) is 37.6 Å². The highest BCUT2D eigenvalue weighted by molar-refractivity contribution is 7.09. The zero-order valence-corrected chi connectivity index (χ0v) is 14.2. The van der Waals surface area contributed by atoms with Gasteiger partial charge in [0.1, 0.15) is 5.82 Å². The molecule has 2 aromatic heterocycles. The summed E-state index contributed by atoms with van der Waals surface area (Å²) in [6.45, 7) is 4.91. The smallest absolute Gasteiger partial charge is 0.190 e. The van der Waals surface area contributed by atoms with Gasteiger partial charge in [0.25, 0.3) is 0 Å². The van der Waals surface area contributed by atoms with Crippen LogP contribution >= 0.6 is 11.3 Å². The van der Waals surface area contributed by atoms with Crippen molar-refractivity contribution in [2.45, 2.75) is 32.7 Å². The first kappa shape index (κ1) is 16.5. The molecule has 0 aromatic carbocycles. The lowest BCUT2D eigenvalue weighted by molar-refractivity contribution is 0.588. The van der Waals surface area contributed by atoms with E-state index in [9.17, 15) is 0 Å². The molecule has 0 unspecified atom stereocenters. The van der Waals surface area contributed by atoms with Crippen LogP contribution in [-0.4, -0.2) is 35.6 Å². The van der Waals surface area contributed by atoms with Crippen LogP contribution in [0.25, 0.3) is 0 Å². The topological polar surface area (TPSA) is 54.2 Å². The molecule has 0 aliphatic heterocycles. The van der Waals surface area contributed by atoms with Crippen molar-refractivity contribution < 1.29 is 0 Å². The molecular weight excluding hydrogens is 294 g/mol. The summed E-state index contributed by atoms with van der Waals surface area (Å²) >= 11 is 1.80. The van der Waals surface area contributed by atoms with Gasteiger partial charge in [-0.3, -0.25) is 4.99 Å². The Bertz CT molecular complexity index is 559. The minimum absolute atomic E-state index is 0.885. The van der Waals surface area contributed by atoms with Crippen LogP contribution in [0.15, 0.2) is 34.9 Å². The molecule has 2 N–H and O–H groups in total. The van der Waals surface area contributed by atoms with Gasteiger partial charge in [-0.2, -0.15) is 0 Å². The Hall–Kier alpha value is -1.82. The molecule has 2 rings (SSSR count). The number of nitrogens with one attached hydrogen (secondary N) is 2. The number of guanidine groups is 1. The predicted molar refractivity (Wildman–Crippen MR) is 93.6 cm³/mol. The number of aryl methyl sites for hydroxylation is 2. The van der Waals surface area contributed by atoms with Gasteiger partial charge in [0.05, 0.1) is 0 Å². The van der Waals surface area contributed by atoms with Gasteiger partial charge in [-0.25, -0.2) is 4.98 Å². The summed E-state index contributed by atoms with van der Waals surface area (Å²) in [6.07, 6.45) is 7.18. The number of unbranched alkanes of at least 4 members (excludes halogenated alkanes) is 1. The van der Waals surface area contributed by atoms with Gasteiger partial charge in [-0.15, -0.1) is 11.3 Å². The maximum absolute atomic E-state index is 4.25. The van der Waals surface area contributed by atoms with E-state index in [0.717, 1.165) is 50.7 Å². The highest BCUT2D eigenvalue weighted by atomic mass is 32.1. The van der Waals surface area contributed by atoms with E-state index in [1.165, 1.54) is 4.88 Å². The summed E-state index contributed by atoms with van der Waals surface area (Å²) in [5.74, 6) is 1.97. The fourth-order valence-corrected chi connectivity index (χ4v) is 2.94. The molecule has 0 aliphatic carbocycles. The van der Waals surface area contributed by atoms with Crippen molar-refractivity contribution in [3.63, 3.8) is 0 Å². The third-order valence-electron chi connectivity index (χ3n) is 3.51. The number of nitrogens with zero attached hydrogens (tertiary/aromatic N) is 3. The second-order valence-corrected chi connectivity index (χ2v) is 6.16. The van der Waals surface area contributed by atoms with Crippen LogP contribution in [-0.2, 0) is 13.0 Å². The van der Waals surface area contributed by atoms with Crippen molar-refractivity contribution in [1.82, 2.24) is 20.2 Å². The van der Waals surface area contributed by atoms with Crippen LogP contribution in [0.4, 0.5) is 0 Å². The average molecular weight is 319 g/mol. The van der Waals surface area contributed by atoms with Crippen molar-refractivity contribution in [3.05, 3.63) is 40.6 Å². The maximum Gasteiger partial charge on any atom is 0.190 e. The van der Waals surface area contributed by atoms with Gasteiger partial charge < -0.3 is 15.2 Å². The molecule has 22 heavy (non-hydrogen) atoms. The van der Waals surface area contributed by atoms with Crippen LogP contribution in [0.1, 0.15) is 23.5 Å². The van der Waals surface area contributed by atoms with E-state index < -0.39 is 0 Å². The normalized spacial score (nSPS) is 11.6. The summed E-state index contributed by atoms with van der Waals surface area (Å²) in [7, 11) is 1.81. The lowest BCUT2D eigenvalue weighted by Crippen LogP contribution is -2.38. The molecule has 5 nitrogen and oxygen atoms in total. The Labute approximate surface area is 136 Å². The first-order chi connectivity index (χ1) is 10.8. The number of aliphatic imine (C=N–C) groups is 1. The van der Waals surface area contributed by atoms with E-state index in [2.05, 4.69) is 42.7 Å². The number of rotatable bonds is 8. The maximum atomic E-state index is 4.25. The molecule has 0 spiro atoms. The van der Waals surface area contributed by atoms with E-state index in [4.69, 9.17) is 0 Å². The number of thiophene rings is 1. The van der Waals surface area contributed by atoms with Crippen LogP contribution in [0.5, 0.6) is 0 Å². The average Bonchev–Trinajstić information content (AvgIpc) is 3.17. The van der Waals surface area contributed by atoms with E-state index in [0.29, 0.717) is 0 Å². The monoisotopic (exact) mass is 319 g/mol. The lowest BCUT2D eigenvalue weighted by atomic mass is 10.3. The molecule has 0 fully saturated rings. The molecule has 0 radical (unpaired) electrons. The first-order valence-electron chi connectivity index (χ1n) is 7.74. The summed E-state index contributed by atoms with van der Waals surface area (Å²) in [4.78, 5) is 9.88. The number of aromatic nitrogens is 2. The van der Waals surface area contributed by atoms with E-state index in [-0.39, 0.29) is 0 Å². The summed E-state index contributed by atoms with van der Waals surface area (Å²) < 4.78 is 2.19. The lowest BCUT2D eigenvalue weighted by Gasteiger charge is -2.11. The Morgan fingerprint density at radius 2 is 2.18 bits per heavy atom. The van der Waals surface area contributed by atoms with Gasteiger partial charge in [0, 0.05) is 44.0 Å². The summed E-state index contributed by atoms with van der Waals surface area (Å²) in [6, 6.07) is 4.26. The molecule has 2 heterocycles. The third kappa shape index (κ3) is 5.52. The van der Waals surface area contributed by atoms with Gasteiger partial charge >= 0.3 is 0 Å². The van der Waals surface area contributed by atoms with E-state index in [1.54, 1.807) is 11.3 Å². The number of hydrogen-bond acceptors (Lipinski definition) is 3. The van der Waals surface area contributed by atoms with Crippen LogP contribution < -0.4 is 10.6 Å². The third-order valence-corrected chi connectivity index (χ3v) is 4.45. The Kier molecular flexibility index (Phi) is 6.96. The van der Waals surface area contributed by atoms with Crippen molar-refractivity contribution in [2.75, 3.05) is 20.1 Å². The van der Waals surface area contributed by atoms with Crippen molar-refractivity contribution in [2.24, 2.45) is 4.99 Å². The molecule has 0 bridgehead atoms. The van der Waals surface area contributed by atoms with E-state index >= 15 is 0 Å². The minimum Gasteiger partial charge on any atom is -0.356 e. The van der Waals surface area contributed by atoms with Gasteiger partial charge in [-0.1, -0.05) is 6.07 Å². The first-order valence-corrected chi connectivity index (χ1v) is 8.62. The fraction of sp³-hybridized carbons (Fsp3) is 0.500. The van der Waals surface area contributed by atoms with E-state index in [1.807, 2.05) is 26.4 Å². The zero-order valence-electron chi connectivity index (χ0n) is 13.4. The molecular formula is C16H25N5S. The molecule has 0 amide bonds. The summed E-state index contributed by atoms with van der Waals surface area (Å²) in [5, 5.41) is 8.83. The molecule has 0 atom stereocenters. The highest BCUT2D eigenvalue weighted by Gasteiger charge is 1.99. The fourth-order valence-electron chi connectivity index (χ4n) is 2.23. The molecule has 0 saturated heterocycles. The molecule has 120 valence electrons. The molecule has 0 aliphatic rings. The second-order valence-electron chi connectivity index (χ2n) is 5.13. The van der Waals surface area contributed by atoms with Crippen LogP contribution in [0.2, 0.25) is 0 Å². The van der Waals surface area contributed by atoms with Crippen molar-refractivity contribution in [1.29, 1.82) is 0 Å². The molecule has 0 saturated carbocycles. The molecule has 2 aromatic rings. The number of hydrogen-bond donors (Lipinski definition) is 2. The summed E-state index contributed by atoms with van der Waals surface area (Å²) in [5.41, 5.74) is 0. The van der Waals surface area contributed by atoms with Gasteiger partial charge in [0.15, 0.2) is 5.96 Å². The quantitative estimate of drug-likeness (QED) is 0.446. The molecule has 6 heteroatoms. The Morgan fingerprint density at radius 3 is 2.86 bits per heavy atom. The highest BCUT2D eigenvalue weighted by Crippen LogP contribution is 2.07. The van der Waals surface area contributed by atoms with Gasteiger partial charge in [0.2, 0.25) is 0 Å². The number of imidazole rings is 1. The van der Waals surface area contributed by atoms with Crippen molar-refractivity contribution >= 4 is 17.3 Å². The standard InChI is InChI=1S/C16H25N5S/c1-14-18-10-12-21(14)11-4-3-8-19-16(17-2)20-9-7-15-6-5-13-22-15/h5-6,10,12-13H,3-4,7-9,11H2,1-2H3,(H2,17,19,20). The van der Waals surface area contributed by atoms with Crippen LogP contribution in [0, 0.1) is 6.92 Å². The second kappa shape index (κ2) is 9.25.